The molecule has 0 aromatic heterocycles. The molecule has 0 radical (unpaired) electrons. The van der Waals surface area contributed by atoms with Gasteiger partial charge in [-0.3, -0.25) is 9.69 Å². The molecule has 1 N–H and O–H groups in total. The first-order chi connectivity index (χ1) is 15.4. The van der Waals surface area contributed by atoms with Crippen LogP contribution in [-0.2, 0) is 4.79 Å². The van der Waals surface area contributed by atoms with Crippen LogP contribution < -0.4 is 9.64 Å². The fourth-order valence-corrected chi connectivity index (χ4v) is 4.04. The molecule has 1 heterocycles. The Morgan fingerprint density at radius 3 is 2.34 bits per heavy atom. The maximum atomic E-state index is 13.4. The number of phenols is 1. The lowest BCUT2D eigenvalue weighted by molar-refractivity contribution is -0.113. The summed E-state index contributed by atoms with van der Waals surface area (Å²) in [6.07, 6.45) is 1.67. The van der Waals surface area contributed by atoms with Gasteiger partial charge in [0, 0.05) is 0 Å². The van der Waals surface area contributed by atoms with E-state index >= 15 is 0 Å². The Hall–Kier alpha value is -3.65. The molecule has 0 saturated carbocycles. The van der Waals surface area contributed by atoms with Crippen LogP contribution in [0.5, 0.6) is 11.5 Å². The second-order valence-corrected chi connectivity index (χ2v) is 7.77. The van der Waals surface area contributed by atoms with Gasteiger partial charge in [0.1, 0.15) is 11.6 Å². The number of aliphatic imine (C=N–C) groups is 1. The van der Waals surface area contributed by atoms with Gasteiger partial charge < -0.3 is 9.84 Å². The third-order valence-corrected chi connectivity index (χ3v) is 5.49. The Labute approximate surface area is 187 Å². The first-order valence-electron chi connectivity index (χ1n) is 9.74. The van der Waals surface area contributed by atoms with Gasteiger partial charge in [-0.25, -0.2) is 13.8 Å². The number of hydrogen-bond acceptors (Lipinski definition) is 5. The van der Waals surface area contributed by atoms with E-state index in [-0.39, 0.29) is 11.7 Å². The van der Waals surface area contributed by atoms with Gasteiger partial charge in [0.2, 0.25) is 0 Å². The summed E-state index contributed by atoms with van der Waals surface area (Å²) in [6, 6.07) is 15.9. The van der Waals surface area contributed by atoms with Crippen LogP contribution in [0.2, 0.25) is 0 Å². The highest BCUT2D eigenvalue weighted by atomic mass is 32.2. The molecular formula is C24H18F2N2O3S. The van der Waals surface area contributed by atoms with Gasteiger partial charge in [0.15, 0.2) is 16.7 Å². The Kier molecular flexibility index (Phi) is 6.23. The first-order valence-corrected chi connectivity index (χ1v) is 10.6. The number of amides is 1. The molecule has 0 bridgehead atoms. The second kappa shape index (κ2) is 9.23. The minimum Gasteiger partial charge on any atom is -0.504 e. The average molecular weight is 452 g/mol. The number of thioether (sulfide) groups is 1. The Bertz CT molecular complexity index is 1210. The minimum absolute atomic E-state index is 0.00546. The summed E-state index contributed by atoms with van der Waals surface area (Å²) < 4.78 is 32.1. The van der Waals surface area contributed by atoms with E-state index in [9.17, 15) is 18.7 Å². The number of carbonyl (C=O) groups excluding carboxylic acids is 1. The third kappa shape index (κ3) is 4.65. The number of benzene rings is 3. The first kappa shape index (κ1) is 21.6. The topological polar surface area (TPSA) is 62.1 Å². The Morgan fingerprint density at radius 1 is 1.03 bits per heavy atom. The van der Waals surface area contributed by atoms with Gasteiger partial charge in [-0.1, -0.05) is 6.07 Å². The molecule has 3 aromatic rings. The number of amidine groups is 1. The van der Waals surface area contributed by atoms with Crippen LogP contribution in [0.3, 0.4) is 0 Å². The summed E-state index contributed by atoms with van der Waals surface area (Å²) >= 11 is 1.14. The Morgan fingerprint density at radius 2 is 1.69 bits per heavy atom. The van der Waals surface area contributed by atoms with Gasteiger partial charge in [0.25, 0.3) is 5.91 Å². The molecule has 162 valence electrons. The molecule has 0 aliphatic carbocycles. The summed E-state index contributed by atoms with van der Waals surface area (Å²) in [5.74, 6) is -0.835. The molecule has 0 spiro atoms. The fourth-order valence-electron chi connectivity index (χ4n) is 3.04. The molecule has 1 saturated heterocycles. The number of rotatable bonds is 5. The summed E-state index contributed by atoms with van der Waals surface area (Å²) in [4.78, 5) is 19.5. The van der Waals surface area contributed by atoms with E-state index in [2.05, 4.69) is 4.99 Å². The van der Waals surface area contributed by atoms with Crippen molar-refractivity contribution in [1.82, 2.24) is 0 Å². The average Bonchev–Trinajstić information content (AvgIpc) is 3.07. The largest absolute Gasteiger partial charge is 0.504 e. The number of ether oxygens (including phenoxy) is 1. The van der Waals surface area contributed by atoms with Crippen molar-refractivity contribution >= 4 is 40.3 Å². The van der Waals surface area contributed by atoms with Crippen LogP contribution in [-0.4, -0.2) is 22.8 Å². The molecule has 1 amide bonds. The molecule has 1 fully saturated rings. The van der Waals surface area contributed by atoms with E-state index in [0.717, 1.165) is 11.8 Å². The van der Waals surface area contributed by atoms with Crippen LogP contribution in [0.4, 0.5) is 20.2 Å². The number of phenolic OH excluding ortho intramolecular Hbond substituents is 1. The minimum atomic E-state index is -0.423. The SMILES string of the molecule is CCOc1cc(/C=C2/S/C(=N/c3ccc(F)cc3)N(c3ccc(F)cc3)C2=O)ccc1O. The van der Waals surface area contributed by atoms with Crippen molar-refractivity contribution in [3.63, 3.8) is 0 Å². The van der Waals surface area contributed by atoms with Crippen molar-refractivity contribution in [1.29, 1.82) is 0 Å². The zero-order chi connectivity index (χ0) is 22.7. The van der Waals surface area contributed by atoms with Gasteiger partial charge in [-0.05, 0) is 91.0 Å². The van der Waals surface area contributed by atoms with Gasteiger partial charge >= 0.3 is 0 Å². The molecule has 0 atom stereocenters. The summed E-state index contributed by atoms with van der Waals surface area (Å²) in [5, 5.41) is 10.3. The number of hydrogen-bond donors (Lipinski definition) is 1. The van der Waals surface area contributed by atoms with Crippen molar-refractivity contribution < 1.29 is 23.4 Å². The highest BCUT2D eigenvalue weighted by Gasteiger charge is 2.34. The molecular weight excluding hydrogens is 434 g/mol. The summed E-state index contributed by atoms with van der Waals surface area (Å²) in [6.45, 7) is 2.19. The number of carbonyl (C=O) groups is 1. The molecule has 8 heteroatoms. The van der Waals surface area contributed by atoms with Gasteiger partial charge in [-0.2, -0.15) is 0 Å². The molecule has 5 nitrogen and oxygen atoms in total. The van der Waals surface area contributed by atoms with Gasteiger partial charge in [-0.15, -0.1) is 0 Å². The molecule has 32 heavy (non-hydrogen) atoms. The van der Waals surface area contributed by atoms with Gasteiger partial charge in [0.05, 0.1) is 22.9 Å². The van der Waals surface area contributed by atoms with Crippen molar-refractivity contribution in [2.24, 2.45) is 4.99 Å². The van der Waals surface area contributed by atoms with Crippen molar-refractivity contribution in [3.8, 4) is 11.5 Å². The molecule has 3 aromatic carbocycles. The predicted molar refractivity (Wildman–Crippen MR) is 122 cm³/mol. The van der Waals surface area contributed by atoms with Crippen LogP contribution in [0.25, 0.3) is 6.08 Å². The number of anilines is 1. The monoisotopic (exact) mass is 452 g/mol. The second-order valence-electron chi connectivity index (χ2n) is 6.76. The maximum Gasteiger partial charge on any atom is 0.271 e. The van der Waals surface area contributed by atoms with Crippen LogP contribution in [0, 0.1) is 11.6 Å². The smallest absolute Gasteiger partial charge is 0.271 e. The van der Waals surface area contributed by atoms with Crippen LogP contribution in [0.1, 0.15) is 12.5 Å². The van der Waals surface area contributed by atoms with Crippen molar-refractivity contribution in [3.05, 3.63) is 88.8 Å². The highest BCUT2D eigenvalue weighted by molar-refractivity contribution is 8.19. The number of halogens is 2. The van der Waals surface area contributed by atoms with E-state index in [1.54, 1.807) is 25.1 Å². The zero-order valence-electron chi connectivity index (χ0n) is 17.0. The lowest BCUT2D eigenvalue weighted by atomic mass is 10.2. The zero-order valence-corrected chi connectivity index (χ0v) is 17.8. The van der Waals surface area contributed by atoms with Crippen molar-refractivity contribution in [2.75, 3.05) is 11.5 Å². The quantitative estimate of drug-likeness (QED) is 0.491. The lowest BCUT2D eigenvalue weighted by Gasteiger charge is -2.15. The van der Waals surface area contributed by atoms with E-state index in [4.69, 9.17) is 4.74 Å². The van der Waals surface area contributed by atoms with E-state index < -0.39 is 11.6 Å². The van der Waals surface area contributed by atoms with Crippen LogP contribution >= 0.6 is 11.8 Å². The standard InChI is InChI=1S/C24H18F2N2O3S/c1-2-31-21-13-15(3-12-20(21)29)14-22-23(30)28(19-10-6-17(26)7-11-19)24(32-22)27-18-8-4-16(25)5-9-18/h3-14,29H,2H2,1H3/b22-14+,27-24+. The van der Waals surface area contributed by atoms with Crippen molar-refractivity contribution in [2.45, 2.75) is 6.92 Å². The molecule has 0 unspecified atom stereocenters. The lowest BCUT2D eigenvalue weighted by Crippen LogP contribution is -2.28. The van der Waals surface area contributed by atoms with E-state index in [1.807, 2.05) is 0 Å². The summed E-state index contributed by atoms with van der Waals surface area (Å²) in [7, 11) is 0. The maximum absolute atomic E-state index is 13.4. The molecule has 4 rings (SSSR count). The van der Waals surface area contributed by atoms with E-state index in [1.165, 1.54) is 59.5 Å². The third-order valence-electron chi connectivity index (χ3n) is 4.52. The predicted octanol–water partition coefficient (Wildman–Crippen LogP) is 5.88. The highest BCUT2D eigenvalue weighted by Crippen LogP contribution is 2.38. The molecule has 1 aliphatic rings. The number of nitrogens with zero attached hydrogens (tertiary/aromatic N) is 2. The fraction of sp³-hybridized carbons (Fsp3) is 0.0833. The van der Waals surface area contributed by atoms with E-state index in [0.29, 0.717) is 39.4 Å². The number of aromatic hydroxyl groups is 1. The Balaban J connectivity index is 1.75. The van der Waals surface area contributed by atoms with Crippen LogP contribution in [0.15, 0.2) is 76.6 Å². The molecule has 1 aliphatic heterocycles. The summed E-state index contributed by atoms with van der Waals surface area (Å²) in [5.41, 5.74) is 1.58. The normalized spacial score (nSPS) is 16.2.